The van der Waals surface area contributed by atoms with E-state index in [2.05, 4.69) is 31.1 Å². The molecule has 8 nitrogen and oxygen atoms in total. The molecular formula is C21H27BrN4O4. The van der Waals surface area contributed by atoms with Gasteiger partial charge in [0.2, 0.25) is 5.89 Å². The van der Waals surface area contributed by atoms with E-state index in [0.29, 0.717) is 37.4 Å². The van der Waals surface area contributed by atoms with E-state index >= 15 is 0 Å². The highest BCUT2D eigenvalue weighted by atomic mass is 79.9. The standard InChI is InChI=1S/C21H27BrN4O4/c22-16-7-10-23-18(14-16)26(21(27)29-17-8-12-28-13-9-17)11-3-1-2-4-19-24-20(25-30-19)15-5-6-15/h7,10,14-15,17H,1-6,8-9,11-13H2. The first-order chi connectivity index (χ1) is 14.7. The fourth-order valence-corrected chi connectivity index (χ4v) is 3.76. The first-order valence-electron chi connectivity index (χ1n) is 10.7. The van der Waals surface area contributed by atoms with Crippen molar-refractivity contribution in [2.45, 2.75) is 63.4 Å². The van der Waals surface area contributed by atoms with Gasteiger partial charge in [-0.1, -0.05) is 27.5 Å². The van der Waals surface area contributed by atoms with Gasteiger partial charge in [0.05, 0.1) is 13.2 Å². The summed E-state index contributed by atoms with van der Waals surface area (Å²) < 4.78 is 17.3. The molecule has 2 aromatic rings. The third-order valence-corrected chi connectivity index (χ3v) is 5.83. The molecule has 1 saturated heterocycles. The molecular weight excluding hydrogens is 452 g/mol. The summed E-state index contributed by atoms with van der Waals surface area (Å²) in [6, 6.07) is 3.68. The van der Waals surface area contributed by atoms with Gasteiger partial charge in [0.15, 0.2) is 5.82 Å². The van der Waals surface area contributed by atoms with E-state index in [0.717, 1.165) is 48.8 Å². The predicted octanol–water partition coefficient (Wildman–Crippen LogP) is 4.64. The molecule has 1 aliphatic heterocycles. The second-order valence-corrected chi connectivity index (χ2v) is 8.73. The number of hydrogen-bond acceptors (Lipinski definition) is 7. The minimum atomic E-state index is -0.349. The number of pyridine rings is 1. The lowest BCUT2D eigenvalue weighted by Crippen LogP contribution is -2.37. The van der Waals surface area contributed by atoms with Crippen LogP contribution in [0.5, 0.6) is 0 Å². The Labute approximate surface area is 184 Å². The van der Waals surface area contributed by atoms with E-state index in [1.807, 2.05) is 12.1 Å². The summed E-state index contributed by atoms with van der Waals surface area (Å²) in [6.07, 6.45) is 8.51. The second kappa shape index (κ2) is 10.3. The van der Waals surface area contributed by atoms with Gasteiger partial charge in [0.25, 0.3) is 0 Å². The Morgan fingerprint density at radius 2 is 2.03 bits per heavy atom. The van der Waals surface area contributed by atoms with Crippen LogP contribution in [-0.4, -0.2) is 47.1 Å². The van der Waals surface area contributed by atoms with Crippen LogP contribution in [-0.2, 0) is 15.9 Å². The molecule has 0 atom stereocenters. The molecule has 2 fully saturated rings. The maximum atomic E-state index is 12.9. The molecule has 0 aromatic carbocycles. The minimum absolute atomic E-state index is 0.0981. The van der Waals surface area contributed by atoms with Crippen molar-refractivity contribution < 1.29 is 18.8 Å². The van der Waals surface area contributed by atoms with Gasteiger partial charge in [0, 0.05) is 42.4 Å². The zero-order chi connectivity index (χ0) is 20.8. The summed E-state index contributed by atoms with van der Waals surface area (Å²) in [5.74, 6) is 2.66. The summed E-state index contributed by atoms with van der Waals surface area (Å²) in [7, 11) is 0. The van der Waals surface area contributed by atoms with E-state index in [1.165, 1.54) is 12.8 Å². The number of aromatic nitrogens is 3. The molecule has 3 heterocycles. The first kappa shape index (κ1) is 21.2. The third-order valence-electron chi connectivity index (χ3n) is 5.34. The van der Waals surface area contributed by atoms with Crippen molar-refractivity contribution in [3.05, 3.63) is 34.5 Å². The Hall–Kier alpha value is -2.00. The monoisotopic (exact) mass is 478 g/mol. The van der Waals surface area contributed by atoms with Crippen molar-refractivity contribution in [2.75, 3.05) is 24.7 Å². The van der Waals surface area contributed by atoms with Gasteiger partial charge in [-0.25, -0.2) is 9.78 Å². The molecule has 30 heavy (non-hydrogen) atoms. The summed E-state index contributed by atoms with van der Waals surface area (Å²) >= 11 is 3.45. The van der Waals surface area contributed by atoms with Crippen LogP contribution in [0.25, 0.3) is 0 Å². The van der Waals surface area contributed by atoms with Crippen LogP contribution in [0.3, 0.4) is 0 Å². The maximum absolute atomic E-state index is 12.9. The van der Waals surface area contributed by atoms with E-state index in [-0.39, 0.29) is 12.2 Å². The smallest absolute Gasteiger partial charge is 0.415 e. The molecule has 0 radical (unpaired) electrons. The topological polar surface area (TPSA) is 90.6 Å². The first-order valence-corrected chi connectivity index (χ1v) is 11.5. The van der Waals surface area contributed by atoms with E-state index in [4.69, 9.17) is 14.0 Å². The fourth-order valence-electron chi connectivity index (χ4n) is 3.44. The number of anilines is 1. The van der Waals surface area contributed by atoms with Gasteiger partial charge in [-0.05, 0) is 37.8 Å². The normalized spacial score (nSPS) is 17.1. The van der Waals surface area contributed by atoms with Gasteiger partial charge < -0.3 is 14.0 Å². The van der Waals surface area contributed by atoms with E-state index in [1.54, 1.807) is 11.1 Å². The molecule has 4 rings (SSSR count). The average molecular weight is 479 g/mol. The highest BCUT2D eigenvalue weighted by molar-refractivity contribution is 9.10. The Morgan fingerprint density at radius 1 is 1.20 bits per heavy atom. The zero-order valence-electron chi connectivity index (χ0n) is 17.0. The van der Waals surface area contributed by atoms with Gasteiger partial charge in [-0.3, -0.25) is 4.90 Å². The largest absolute Gasteiger partial charge is 0.446 e. The Bertz CT molecular complexity index is 836. The molecule has 1 saturated carbocycles. The number of halogens is 1. The molecule has 1 aliphatic carbocycles. The number of amides is 1. The molecule has 0 spiro atoms. The molecule has 0 N–H and O–H groups in total. The van der Waals surface area contributed by atoms with Crippen LogP contribution in [0.2, 0.25) is 0 Å². The number of nitrogens with zero attached hydrogens (tertiary/aromatic N) is 4. The van der Waals surface area contributed by atoms with Gasteiger partial charge in [0.1, 0.15) is 11.9 Å². The Kier molecular flexibility index (Phi) is 7.33. The number of carbonyl (C=O) groups excluding carboxylic acids is 1. The number of ether oxygens (including phenoxy) is 2. The molecule has 0 unspecified atom stereocenters. The minimum Gasteiger partial charge on any atom is -0.446 e. The van der Waals surface area contributed by atoms with E-state index < -0.39 is 0 Å². The maximum Gasteiger partial charge on any atom is 0.415 e. The fraction of sp³-hybridized carbons (Fsp3) is 0.619. The molecule has 162 valence electrons. The van der Waals surface area contributed by atoms with Crippen molar-refractivity contribution in [1.29, 1.82) is 0 Å². The second-order valence-electron chi connectivity index (χ2n) is 7.81. The lowest BCUT2D eigenvalue weighted by atomic mass is 10.1. The molecule has 0 bridgehead atoms. The Morgan fingerprint density at radius 3 is 2.80 bits per heavy atom. The third kappa shape index (κ3) is 6.01. The lowest BCUT2D eigenvalue weighted by Gasteiger charge is -2.27. The summed E-state index contributed by atoms with van der Waals surface area (Å²) in [5.41, 5.74) is 0. The summed E-state index contributed by atoms with van der Waals surface area (Å²) in [5, 5.41) is 4.05. The predicted molar refractivity (Wildman–Crippen MR) is 113 cm³/mol. The number of rotatable bonds is 9. The number of carbonyl (C=O) groups is 1. The van der Waals surface area contributed by atoms with Gasteiger partial charge >= 0.3 is 6.09 Å². The number of hydrogen-bond donors (Lipinski definition) is 0. The van der Waals surface area contributed by atoms with E-state index in [9.17, 15) is 4.79 Å². The number of aryl methyl sites for hydroxylation is 1. The van der Waals surface area contributed by atoms with Crippen LogP contribution < -0.4 is 4.90 Å². The SMILES string of the molecule is O=C(OC1CCOCC1)N(CCCCCc1nc(C2CC2)no1)c1cc(Br)ccn1. The molecule has 2 aliphatic rings. The lowest BCUT2D eigenvalue weighted by molar-refractivity contribution is 0.00374. The van der Waals surface area contributed by atoms with Crippen LogP contribution in [0.4, 0.5) is 10.6 Å². The Balaban J connectivity index is 1.28. The molecule has 9 heteroatoms. The quantitative estimate of drug-likeness (QED) is 0.484. The van der Waals surface area contributed by atoms with Crippen molar-refractivity contribution >= 4 is 27.8 Å². The van der Waals surface area contributed by atoms with Crippen molar-refractivity contribution in [2.24, 2.45) is 0 Å². The van der Waals surface area contributed by atoms with Crippen molar-refractivity contribution in [1.82, 2.24) is 15.1 Å². The summed E-state index contributed by atoms with van der Waals surface area (Å²) in [6.45, 7) is 1.80. The van der Waals surface area contributed by atoms with Crippen molar-refractivity contribution in [3.8, 4) is 0 Å². The van der Waals surface area contributed by atoms with Gasteiger partial charge in [-0.15, -0.1) is 0 Å². The van der Waals surface area contributed by atoms with Crippen molar-refractivity contribution in [3.63, 3.8) is 0 Å². The molecule has 2 aromatic heterocycles. The van der Waals surface area contributed by atoms with Crippen LogP contribution in [0, 0.1) is 0 Å². The highest BCUT2D eigenvalue weighted by Gasteiger charge is 2.28. The van der Waals surface area contributed by atoms with Gasteiger partial charge in [-0.2, -0.15) is 4.98 Å². The highest BCUT2D eigenvalue weighted by Crippen LogP contribution is 2.38. The summed E-state index contributed by atoms with van der Waals surface area (Å²) in [4.78, 5) is 23.3. The molecule has 1 amide bonds. The number of unbranched alkanes of at least 4 members (excludes halogenated alkanes) is 2. The van der Waals surface area contributed by atoms with Crippen LogP contribution in [0.15, 0.2) is 27.3 Å². The zero-order valence-corrected chi connectivity index (χ0v) is 18.6. The van der Waals surface area contributed by atoms with Crippen LogP contribution >= 0.6 is 15.9 Å². The average Bonchev–Trinajstić information content (AvgIpc) is 3.49. The van der Waals surface area contributed by atoms with Crippen LogP contribution in [0.1, 0.15) is 62.6 Å².